The number of nitrogens with zero attached hydrogens (tertiary/aromatic N) is 3. The van der Waals surface area contributed by atoms with Crippen LogP contribution < -0.4 is 18.9 Å². The largest absolute Gasteiger partial charge is 0.493 e. The van der Waals surface area contributed by atoms with Crippen molar-refractivity contribution in [3.8, 4) is 74.6 Å². The summed E-state index contributed by atoms with van der Waals surface area (Å²) in [7, 11) is 0. The van der Waals surface area contributed by atoms with E-state index in [0.29, 0.717) is 45.3 Å². The summed E-state index contributed by atoms with van der Waals surface area (Å²) in [5, 5.41) is 27.3. The molecule has 0 heterocycles. The molecule has 3 unspecified atom stereocenters. The number of esters is 4. The molecule has 3 atom stereocenters. The zero-order chi connectivity index (χ0) is 57.1. The highest BCUT2D eigenvalue weighted by Gasteiger charge is 2.22. The first-order chi connectivity index (χ1) is 39.3. The van der Waals surface area contributed by atoms with Gasteiger partial charge in [0, 0.05) is 17.8 Å². The molecule has 0 spiro atoms. The van der Waals surface area contributed by atoms with Crippen LogP contribution >= 0.6 is 0 Å². The number of ether oxygens (including phenoxy) is 7. The minimum atomic E-state index is -0.795. The van der Waals surface area contributed by atoms with E-state index in [1.165, 1.54) is 18.2 Å². The normalized spacial score (nSPS) is 11.7. The zero-order valence-corrected chi connectivity index (χ0v) is 44.7. The average Bonchev–Trinajstić information content (AvgIpc) is 3.52. The van der Waals surface area contributed by atoms with Gasteiger partial charge in [-0.15, -0.1) is 0 Å². The number of rotatable bonds is 23. The van der Waals surface area contributed by atoms with Crippen molar-refractivity contribution in [3.63, 3.8) is 0 Å². The number of benzene rings is 8. The lowest BCUT2D eigenvalue weighted by molar-refractivity contribution is 0.0411. The smallest absolute Gasteiger partial charge is 0.343 e. The van der Waals surface area contributed by atoms with Crippen molar-refractivity contribution in [2.24, 2.45) is 17.8 Å². The van der Waals surface area contributed by atoms with Gasteiger partial charge in [-0.1, -0.05) is 93.6 Å². The highest BCUT2D eigenvalue weighted by atomic mass is 16.6. The number of carbonyl (C=O) groups excluding carboxylic acids is 4. The molecule has 14 heteroatoms. The van der Waals surface area contributed by atoms with Gasteiger partial charge in [-0.3, -0.25) is 0 Å². The van der Waals surface area contributed by atoms with E-state index in [2.05, 4.69) is 18.2 Å². The molecule has 0 aromatic heterocycles. The van der Waals surface area contributed by atoms with Gasteiger partial charge in [0.1, 0.15) is 23.0 Å². The zero-order valence-electron chi connectivity index (χ0n) is 44.7. The molecule has 14 nitrogen and oxygen atoms in total. The van der Waals surface area contributed by atoms with Gasteiger partial charge in [0.05, 0.1) is 96.8 Å². The second kappa shape index (κ2) is 27.7. The Kier molecular flexibility index (Phi) is 19.4. The molecule has 0 bridgehead atoms. The highest BCUT2D eigenvalue weighted by molar-refractivity contribution is 6.00. The fourth-order valence-corrected chi connectivity index (χ4v) is 8.01. The molecule has 0 aliphatic carbocycles. The van der Waals surface area contributed by atoms with E-state index < -0.39 is 23.9 Å². The fraction of sp³-hybridized carbons (Fsp3) is 0.179. The molecule has 0 aliphatic rings. The quantitative estimate of drug-likeness (QED) is 0.0332. The second-order valence-electron chi connectivity index (χ2n) is 19.4. The van der Waals surface area contributed by atoms with Crippen LogP contribution in [0.25, 0.3) is 33.4 Å². The average molecular weight is 1080 g/mol. The molecule has 0 fully saturated rings. The van der Waals surface area contributed by atoms with E-state index in [1.807, 2.05) is 118 Å². The summed E-state index contributed by atoms with van der Waals surface area (Å²) in [6, 6.07) is 60.5. The van der Waals surface area contributed by atoms with Crippen molar-refractivity contribution in [3.05, 3.63) is 227 Å². The molecule has 0 saturated carbocycles. The summed E-state index contributed by atoms with van der Waals surface area (Å²) >= 11 is 0. The van der Waals surface area contributed by atoms with Crippen molar-refractivity contribution in [1.82, 2.24) is 0 Å². The maximum Gasteiger partial charge on any atom is 0.343 e. The topological polar surface area (TPSA) is 204 Å². The molecule has 8 aromatic rings. The molecule has 0 amide bonds. The fourth-order valence-electron chi connectivity index (χ4n) is 8.01. The molecule has 8 aromatic carbocycles. The predicted octanol–water partition coefficient (Wildman–Crippen LogP) is 13.1. The van der Waals surface area contributed by atoms with E-state index in [1.54, 1.807) is 72.8 Å². The van der Waals surface area contributed by atoms with Crippen LogP contribution in [0, 0.1) is 51.7 Å². The lowest BCUT2D eigenvalue weighted by Crippen LogP contribution is -2.21. The summed E-state index contributed by atoms with van der Waals surface area (Å²) < 4.78 is 40.5. The molecule has 81 heavy (non-hydrogen) atoms. The van der Waals surface area contributed by atoms with Crippen molar-refractivity contribution in [1.29, 1.82) is 15.8 Å². The van der Waals surface area contributed by atoms with Crippen LogP contribution in [0.3, 0.4) is 0 Å². The number of hydrogen-bond donors (Lipinski definition) is 0. The summed E-state index contributed by atoms with van der Waals surface area (Å²) in [5.74, 6) is -1.63. The van der Waals surface area contributed by atoms with E-state index in [-0.39, 0.29) is 74.1 Å². The van der Waals surface area contributed by atoms with Crippen molar-refractivity contribution in [2.75, 3.05) is 39.6 Å². The molecule has 0 saturated heterocycles. The molecular formula is C67H55N3O11. The Morgan fingerprint density at radius 2 is 0.568 bits per heavy atom. The van der Waals surface area contributed by atoms with Crippen LogP contribution in [-0.2, 0) is 14.2 Å². The van der Waals surface area contributed by atoms with E-state index >= 15 is 0 Å². The van der Waals surface area contributed by atoms with E-state index in [4.69, 9.17) is 48.9 Å². The highest BCUT2D eigenvalue weighted by Crippen LogP contribution is 2.27. The SMILES string of the molecule is CC(COC(=O)c1cc(C(=O)OCC(C)COc2ccc(-c3ccc(C#N)cc3)cc2)cc(C(=O)OCC(C)COc2ccc(-c3ccc(C#N)cc3)cc2)c1)COc1ccc(C(=O)Oc2ccc(-c3ccc(C#N)cc3)cc2)cc1. The first-order valence-electron chi connectivity index (χ1n) is 26.0. The third-order valence-electron chi connectivity index (χ3n) is 12.6. The van der Waals surface area contributed by atoms with Crippen molar-refractivity contribution >= 4 is 23.9 Å². The van der Waals surface area contributed by atoms with E-state index in [0.717, 1.165) is 33.4 Å². The monoisotopic (exact) mass is 1080 g/mol. The Bertz CT molecular complexity index is 3440. The van der Waals surface area contributed by atoms with Crippen LogP contribution in [0.1, 0.15) is 78.9 Å². The third-order valence-corrected chi connectivity index (χ3v) is 12.6. The Morgan fingerprint density at radius 1 is 0.321 bits per heavy atom. The maximum absolute atomic E-state index is 13.7. The van der Waals surface area contributed by atoms with Gasteiger partial charge in [0.2, 0.25) is 0 Å². The Hall–Kier alpha value is -10.5. The maximum atomic E-state index is 13.7. The van der Waals surface area contributed by atoms with E-state index in [9.17, 15) is 19.2 Å². The molecule has 0 N–H and O–H groups in total. The lowest BCUT2D eigenvalue weighted by Gasteiger charge is -2.16. The van der Waals surface area contributed by atoms with Gasteiger partial charge in [-0.25, -0.2) is 19.2 Å². The Labute approximate surface area is 469 Å². The van der Waals surface area contributed by atoms with Crippen molar-refractivity contribution in [2.45, 2.75) is 20.8 Å². The van der Waals surface area contributed by atoms with Crippen LogP contribution in [-0.4, -0.2) is 63.5 Å². The summed E-state index contributed by atoms with van der Waals surface area (Å²) in [4.78, 5) is 53.9. The Morgan fingerprint density at radius 3 is 0.840 bits per heavy atom. The molecular weight excluding hydrogens is 1020 g/mol. The molecule has 0 radical (unpaired) electrons. The summed E-state index contributed by atoms with van der Waals surface area (Å²) in [6.07, 6.45) is 0. The molecule has 404 valence electrons. The third kappa shape index (κ3) is 16.3. The predicted molar refractivity (Wildman–Crippen MR) is 302 cm³/mol. The van der Waals surface area contributed by atoms with Crippen LogP contribution in [0.5, 0.6) is 23.0 Å². The second-order valence-corrected chi connectivity index (χ2v) is 19.4. The van der Waals surface area contributed by atoms with Crippen LogP contribution in [0.2, 0.25) is 0 Å². The number of carbonyl (C=O) groups is 4. The minimum Gasteiger partial charge on any atom is -0.493 e. The van der Waals surface area contributed by atoms with Crippen LogP contribution in [0.4, 0.5) is 0 Å². The molecule has 0 aliphatic heterocycles. The van der Waals surface area contributed by atoms with Gasteiger partial charge >= 0.3 is 23.9 Å². The number of hydrogen-bond acceptors (Lipinski definition) is 14. The Balaban J connectivity index is 0.843. The number of nitriles is 3. The molecule has 8 rings (SSSR count). The summed E-state index contributed by atoms with van der Waals surface area (Å²) in [5.41, 5.74) is 7.48. The standard InChI is InChI=1S/C67H55N3O11/c1-44(38-75-60-24-16-53(17-25-60)50-10-4-47(35-68)5-11-50)41-78-64(71)57-32-58(65(72)79-42-45(2)39-76-61-26-18-54(19-27-61)51-12-6-48(36-69)7-13-51)34-59(33-57)66(73)80-43-46(3)40-77-62-28-22-56(23-29-62)67(74)81-63-30-20-55(21-31-63)52-14-8-49(37-70)9-15-52/h4-34,44-46H,38-43H2,1-3H3. The van der Waals surface area contributed by atoms with Gasteiger partial charge in [0.25, 0.3) is 0 Å². The van der Waals surface area contributed by atoms with Gasteiger partial charge in [-0.05, 0) is 149 Å². The summed E-state index contributed by atoms with van der Waals surface area (Å²) in [6.45, 7) is 5.97. The van der Waals surface area contributed by atoms with Crippen molar-refractivity contribution < 1.29 is 52.3 Å². The first kappa shape index (κ1) is 56.7. The van der Waals surface area contributed by atoms with Gasteiger partial charge in [-0.2, -0.15) is 15.8 Å². The first-order valence-corrected chi connectivity index (χ1v) is 26.0. The van der Waals surface area contributed by atoms with Crippen LogP contribution in [0.15, 0.2) is 188 Å². The lowest BCUT2D eigenvalue weighted by atomic mass is 10.0. The minimum absolute atomic E-state index is 0.0338. The van der Waals surface area contributed by atoms with Gasteiger partial charge in [0.15, 0.2) is 0 Å². The van der Waals surface area contributed by atoms with Gasteiger partial charge < -0.3 is 33.2 Å².